The van der Waals surface area contributed by atoms with E-state index in [1.807, 2.05) is 32.0 Å². The van der Waals surface area contributed by atoms with Crippen LogP contribution in [-0.4, -0.2) is 43.0 Å². The maximum atomic E-state index is 12.3. The van der Waals surface area contributed by atoms with Crippen LogP contribution in [0.4, 0.5) is 11.4 Å². The molecule has 1 aromatic rings. The molecule has 1 amide bonds. The number of carbonyl (C=O) groups is 1. The predicted molar refractivity (Wildman–Crippen MR) is 82.7 cm³/mol. The van der Waals surface area contributed by atoms with E-state index in [1.54, 1.807) is 0 Å². The zero-order valence-corrected chi connectivity index (χ0v) is 12.3. The van der Waals surface area contributed by atoms with E-state index in [2.05, 4.69) is 15.5 Å². The third-order valence-electron chi connectivity index (χ3n) is 3.85. The van der Waals surface area contributed by atoms with E-state index in [1.165, 1.54) is 0 Å². The molecule has 1 saturated heterocycles. The van der Waals surface area contributed by atoms with Crippen LogP contribution in [0, 0.1) is 6.92 Å². The average molecular weight is 276 g/mol. The third-order valence-corrected chi connectivity index (χ3v) is 3.85. The molecule has 1 aliphatic heterocycles. The van der Waals surface area contributed by atoms with Crippen molar-refractivity contribution >= 4 is 17.3 Å². The number of nitrogens with zero attached hydrogens (tertiary/aromatic N) is 1. The molecule has 1 aromatic carbocycles. The zero-order valence-electron chi connectivity index (χ0n) is 12.3. The molecule has 1 unspecified atom stereocenters. The Hall–Kier alpha value is -1.59. The molecule has 0 saturated carbocycles. The highest BCUT2D eigenvalue weighted by Gasteiger charge is 2.22. The van der Waals surface area contributed by atoms with Gasteiger partial charge in [0.15, 0.2) is 0 Å². The topological polar surface area (TPSA) is 70.4 Å². The largest absolute Gasteiger partial charge is 0.398 e. The molecule has 2 rings (SSSR count). The van der Waals surface area contributed by atoms with E-state index in [4.69, 9.17) is 5.73 Å². The highest BCUT2D eigenvalue weighted by Crippen LogP contribution is 2.17. The molecule has 0 spiro atoms. The van der Waals surface area contributed by atoms with Crippen molar-refractivity contribution in [3.05, 3.63) is 23.8 Å². The fourth-order valence-electron chi connectivity index (χ4n) is 2.38. The van der Waals surface area contributed by atoms with Crippen molar-refractivity contribution in [2.24, 2.45) is 0 Å². The molecule has 0 bridgehead atoms. The van der Waals surface area contributed by atoms with Gasteiger partial charge in [0, 0.05) is 31.0 Å². The minimum Gasteiger partial charge on any atom is -0.398 e. The van der Waals surface area contributed by atoms with E-state index < -0.39 is 0 Å². The molecule has 1 fully saturated rings. The minimum atomic E-state index is -0.127. The molecule has 110 valence electrons. The summed E-state index contributed by atoms with van der Waals surface area (Å²) in [6, 6.07) is 5.49. The maximum Gasteiger partial charge on any atom is 0.241 e. The second-order valence-electron chi connectivity index (χ2n) is 5.38. The molecule has 5 nitrogen and oxygen atoms in total. The lowest BCUT2D eigenvalue weighted by atomic mass is 10.1. The number of anilines is 2. The summed E-state index contributed by atoms with van der Waals surface area (Å²) >= 11 is 0. The molecule has 20 heavy (non-hydrogen) atoms. The lowest BCUT2D eigenvalue weighted by Crippen LogP contribution is -2.43. The van der Waals surface area contributed by atoms with Crippen LogP contribution in [0.2, 0.25) is 0 Å². The van der Waals surface area contributed by atoms with Gasteiger partial charge in [-0.25, -0.2) is 0 Å². The van der Waals surface area contributed by atoms with Crippen LogP contribution in [0.25, 0.3) is 0 Å². The summed E-state index contributed by atoms with van der Waals surface area (Å²) < 4.78 is 0. The summed E-state index contributed by atoms with van der Waals surface area (Å²) in [6.45, 7) is 7.74. The van der Waals surface area contributed by atoms with E-state index >= 15 is 0 Å². The molecule has 5 heteroatoms. The maximum absolute atomic E-state index is 12.3. The Bertz CT molecular complexity index is 467. The number of aryl methyl sites for hydroxylation is 1. The van der Waals surface area contributed by atoms with Crippen LogP contribution in [-0.2, 0) is 4.79 Å². The van der Waals surface area contributed by atoms with Crippen molar-refractivity contribution in [3.63, 3.8) is 0 Å². The number of hydrogen-bond acceptors (Lipinski definition) is 4. The number of nitrogens with one attached hydrogen (secondary N) is 2. The van der Waals surface area contributed by atoms with Gasteiger partial charge in [0.05, 0.1) is 6.04 Å². The van der Waals surface area contributed by atoms with Crippen molar-refractivity contribution in [1.82, 2.24) is 10.2 Å². The van der Waals surface area contributed by atoms with E-state index in [0.29, 0.717) is 5.69 Å². The van der Waals surface area contributed by atoms with Crippen LogP contribution in [0.1, 0.15) is 18.9 Å². The first kappa shape index (κ1) is 14.8. The van der Waals surface area contributed by atoms with E-state index in [9.17, 15) is 4.79 Å². The number of amides is 1. The number of nitrogen functional groups attached to an aromatic ring is 1. The third kappa shape index (κ3) is 3.71. The van der Waals surface area contributed by atoms with Gasteiger partial charge in [-0.1, -0.05) is 6.07 Å². The molecule has 1 aliphatic rings. The molecule has 4 N–H and O–H groups in total. The molecule has 0 aliphatic carbocycles. The highest BCUT2D eigenvalue weighted by molar-refractivity contribution is 5.95. The van der Waals surface area contributed by atoms with Gasteiger partial charge in [-0.2, -0.15) is 0 Å². The second kappa shape index (κ2) is 6.72. The monoisotopic (exact) mass is 276 g/mol. The van der Waals surface area contributed by atoms with Crippen LogP contribution >= 0.6 is 0 Å². The summed E-state index contributed by atoms with van der Waals surface area (Å²) in [5.41, 5.74) is 8.35. The van der Waals surface area contributed by atoms with Gasteiger partial charge in [0.25, 0.3) is 0 Å². The van der Waals surface area contributed by atoms with Crippen molar-refractivity contribution in [3.8, 4) is 0 Å². The van der Waals surface area contributed by atoms with Gasteiger partial charge in [-0.05, 0) is 44.5 Å². The van der Waals surface area contributed by atoms with Gasteiger partial charge >= 0.3 is 0 Å². The normalized spacial score (nSPS) is 18.3. The van der Waals surface area contributed by atoms with E-state index in [0.717, 1.165) is 43.9 Å². The van der Waals surface area contributed by atoms with Gasteiger partial charge in [0.1, 0.15) is 0 Å². The first-order valence-corrected chi connectivity index (χ1v) is 7.19. The van der Waals surface area contributed by atoms with Gasteiger partial charge in [-0.15, -0.1) is 0 Å². The van der Waals surface area contributed by atoms with Crippen molar-refractivity contribution in [1.29, 1.82) is 0 Å². The number of hydrogen-bond donors (Lipinski definition) is 3. The summed E-state index contributed by atoms with van der Waals surface area (Å²) in [4.78, 5) is 14.5. The number of rotatable bonds is 3. The Morgan fingerprint density at radius 1 is 1.40 bits per heavy atom. The fraction of sp³-hybridized carbons (Fsp3) is 0.533. The predicted octanol–water partition coefficient (Wildman–Crippen LogP) is 1.20. The summed E-state index contributed by atoms with van der Waals surface area (Å²) in [5, 5.41) is 6.29. The molecular weight excluding hydrogens is 252 g/mol. The summed E-state index contributed by atoms with van der Waals surface area (Å²) in [6.07, 6.45) is 1.08. The molecule has 1 heterocycles. The first-order chi connectivity index (χ1) is 9.58. The van der Waals surface area contributed by atoms with Gasteiger partial charge in [0.2, 0.25) is 5.91 Å². The fourth-order valence-corrected chi connectivity index (χ4v) is 2.38. The van der Waals surface area contributed by atoms with Crippen LogP contribution in [0.3, 0.4) is 0 Å². The smallest absolute Gasteiger partial charge is 0.241 e. The summed E-state index contributed by atoms with van der Waals surface area (Å²) in [5.74, 6) is 0.0233. The molecular formula is C15H24N4O. The lowest BCUT2D eigenvalue weighted by molar-refractivity contribution is -0.120. The zero-order chi connectivity index (χ0) is 14.5. The molecule has 0 radical (unpaired) electrons. The van der Waals surface area contributed by atoms with Crippen molar-refractivity contribution in [2.75, 3.05) is 37.2 Å². The quantitative estimate of drug-likeness (QED) is 0.726. The van der Waals surface area contributed by atoms with Crippen molar-refractivity contribution < 1.29 is 4.79 Å². The molecule has 0 aromatic heterocycles. The minimum absolute atomic E-state index is 0.0233. The first-order valence-electron chi connectivity index (χ1n) is 7.19. The second-order valence-corrected chi connectivity index (χ2v) is 5.38. The standard InChI is InChI=1S/C15H24N4O/c1-11-4-5-13(10-14(11)16)18-15(20)12(2)19-8-3-6-17-7-9-19/h4-5,10,12,17H,3,6-9,16H2,1-2H3,(H,18,20). The number of nitrogens with two attached hydrogens (primary N) is 1. The van der Waals surface area contributed by atoms with Gasteiger partial charge in [-0.3, -0.25) is 9.69 Å². The SMILES string of the molecule is Cc1ccc(NC(=O)C(C)N2CCCNCC2)cc1N. The van der Waals surface area contributed by atoms with Gasteiger partial charge < -0.3 is 16.4 Å². The van der Waals surface area contributed by atoms with Crippen LogP contribution in [0.15, 0.2) is 18.2 Å². The lowest BCUT2D eigenvalue weighted by Gasteiger charge is -2.26. The van der Waals surface area contributed by atoms with Crippen LogP contribution in [0.5, 0.6) is 0 Å². The average Bonchev–Trinajstić information content (AvgIpc) is 2.71. The Labute approximate surface area is 120 Å². The number of benzene rings is 1. The number of carbonyl (C=O) groups excluding carboxylic acids is 1. The Kier molecular flexibility index (Phi) is 4.98. The van der Waals surface area contributed by atoms with Crippen LogP contribution < -0.4 is 16.4 Å². The Morgan fingerprint density at radius 2 is 2.20 bits per heavy atom. The van der Waals surface area contributed by atoms with E-state index in [-0.39, 0.29) is 11.9 Å². The molecule has 1 atom stereocenters. The Morgan fingerprint density at radius 3 is 2.95 bits per heavy atom. The Balaban J connectivity index is 1.97. The highest BCUT2D eigenvalue weighted by atomic mass is 16.2. The summed E-state index contributed by atoms with van der Waals surface area (Å²) in [7, 11) is 0. The van der Waals surface area contributed by atoms with Crippen molar-refractivity contribution in [2.45, 2.75) is 26.3 Å².